The lowest BCUT2D eigenvalue weighted by Gasteiger charge is -2.21. The van der Waals surface area contributed by atoms with E-state index in [4.69, 9.17) is 0 Å². The molecule has 0 saturated heterocycles. The fraction of sp³-hybridized carbons (Fsp3) is 0.375. The first-order chi connectivity index (χ1) is 9.88. The molecule has 4 nitrogen and oxygen atoms in total. The van der Waals surface area contributed by atoms with Crippen molar-refractivity contribution in [2.75, 3.05) is 0 Å². The SMILES string of the molecule is Cc1nc(C)c(C(C)NC(C)c2cccc(Br)c2)c(=O)[nH]1. The summed E-state index contributed by atoms with van der Waals surface area (Å²) in [6.07, 6.45) is 0. The van der Waals surface area contributed by atoms with Crippen LogP contribution in [0, 0.1) is 13.8 Å². The van der Waals surface area contributed by atoms with E-state index in [9.17, 15) is 4.79 Å². The largest absolute Gasteiger partial charge is 0.310 e. The number of rotatable bonds is 4. The summed E-state index contributed by atoms with van der Waals surface area (Å²) >= 11 is 3.48. The van der Waals surface area contributed by atoms with Crippen LogP contribution in [0.1, 0.15) is 48.6 Å². The van der Waals surface area contributed by atoms with Gasteiger partial charge in [0.05, 0.1) is 5.56 Å². The standard InChI is InChI=1S/C16H20BrN3O/c1-9(13-6-5-7-14(17)8-13)18-10(2)15-11(3)19-12(4)20-16(15)21/h5-10,18H,1-4H3,(H,19,20,21). The van der Waals surface area contributed by atoms with Gasteiger partial charge in [-0.15, -0.1) is 0 Å². The Morgan fingerprint density at radius 3 is 2.57 bits per heavy atom. The van der Waals surface area contributed by atoms with Gasteiger partial charge in [0, 0.05) is 22.3 Å². The summed E-state index contributed by atoms with van der Waals surface area (Å²) in [6.45, 7) is 7.74. The van der Waals surface area contributed by atoms with E-state index >= 15 is 0 Å². The molecule has 0 aliphatic heterocycles. The Kier molecular flexibility index (Phi) is 4.96. The molecular formula is C16H20BrN3O. The lowest BCUT2D eigenvalue weighted by Crippen LogP contribution is -2.29. The summed E-state index contributed by atoms with van der Waals surface area (Å²) in [5, 5.41) is 3.46. The molecule has 0 saturated carbocycles. The van der Waals surface area contributed by atoms with Gasteiger partial charge in [-0.25, -0.2) is 4.98 Å². The summed E-state index contributed by atoms with van der Waals surface area (Å²) in [4.78, 5) is 19.2. The second-order valence-corrected chi connectivity index (χ2v) is 6.23. The lowest BCUT2D eigenvalue weighted by molar-refractivity contribution is 0.487. The van der Waals surface area contributed by atoms with Crippen molar-refractivity contribution in [1.29, 1.82) is 0 Å². The molecule has 0 bridgehead atoms. The van der Waals surface area contributed by atoms with Crippen LogP contribution >= 0.6 is 15.9 Å². The number of aryl methyl sites for hydroxylation is 2. The van der Waals surface area contributed by atoms with Gasteiger partial charge in [-0.2, -0.15) is 0 Å². The predicted octanol–water partition coefficient (Wildman–Crippen LogP) is 3.56. The molecule has 2 unspecified atom stereocenters. The number of nitrogens with one attached hydrogen (secondary N) is 2. The average Bonchev–Trinajstić information content (AvgIpc) is 2.37. The molecule has 0 fully saturated rings. The van der Waals surface area contributed by atoms with E-state index in [1.165, 1.54) is 5.56 Å². The van der Waals surface area contributed by atoms with Crippen molar-refractivity contribution in [2.24, 2.45) is 0 Å². The molecule has 0 spiro atoms. The van der Waals surface area contributed by atoms with Crippen molar-refractivity contribution >= 4 is 15.9 Å². The van der Waals surface area contributed by atoms with Crippen molar-refractivity contribution in [3.8, 4) is 0 Å². The van der Waals surface area contributed by atoms with Crippen LogP contribution in [0.25, 0.3) is 0 Å². The zero-order chi connectivity index (χ0) is 15.6. The molecule has 5 heteroatoms. The average molecular weight is 350 g/mol. The zero-order valence-electron chi connectivity index (χ0n) is 12.7. The number of benzene rings is 1. The number of halogens is 1. The van der Waals surface area contributed by atoms with Gasteiger partial charge in [0.1, 0.15) is 5.82 Å². The summed E-state index contributed by atoms with van der Waals surface area (Å²) < 4.78 is 1.05. The topological polar surface area (TPSA) is 57.8 Å². The van der Waals surface area contributed by atoms with Crippen LogP contribution in [0.5, 0.6) is 0 Å². The predicted molar refractivity (Wildman–Crippen MR) is 88.4 cm³/mol. The van der Waals surface area contributed by atoms with E-state index in [1.54, 1.807) is 6.92 Å². The maximum atomic E-state index is 12.1. The van der Waals surface area contributed by atoms with Gasteiger partial charge >= 0.3 is 0 Å². The molecule has 0 amide bonds. The van der Waals surface area contributed by atoms with Crippen molar-refractivity contribution in [2.45, 2.75) is 39.8 Å². The summed E-state index contributed by atoms with van der Waals surface area (Å²) in [5.74, 6) is 0.647. The Balaban J connectivity index is 2.22. The normalized spacial score (nSPS) is 14.0. The molecule has 112 valence electrons. The van der Waals surface area contributed by atoms with Gasteiger partial charge in [0.25, 0.3) is 5.56 Å². The molecule has 2 aromatic rings. The Morgan fingerprint density at radius 1 is 1.24 bits per heavy atom. The Hall–Kier alpha value is -1.46. The van der Waals surface area contributed by atoms with Crippen molar-refractivity contribution in [3.63, 3.8) is 0 Å². The number of H-pyrrole nitrogens is 1. The zero-order valence-corrected chi connectivity index (χ0v) is 14.3. The maximum Gasteiger partial charge on any atom is 0.255 e. The third kappa shape index (κ3) is 3.80. The van der Waals surface area contributed by atoms with E-state index in [1.807, 2.05) is 26.0 Å². The highest BCUT2D eigenvalue weighted by atomic mass is 79.9. The molecular weight excluding hydrogens is 330 g/mol. The maximum absolute atomic E-state index is 12.1. The van der Waals surface area contributed by atoms with Crippen molar-refractivity contribution in [1.82, 2.24) is 15.3 Å². The molecule has 1 aromatic carbocycles. The molecule has 1 heterocycles. The number of aromatic amines is 1. The molecule has 0 aliphatic carbocycles. The highest BCUT2D eigenvalue weighted by molar-refractivity contribution is 9.10. The Morgan fingerprint density at radius 2 is 1.95 bits per heavy atom. The van der Waals surface area contributed by atoms with Gasteiger partial charge in [-0.1, -0.05) is 28.1 Å². The minimum absolute atomic E-state index is 0.0681. The van der Waals surface area contributed by atoms with Crippen LogP contribution in [-0.4, -0.2) is 9.97 Å². The van der Waals surface area contributed by atoms with Crippen LogP contribution in [0.2, 0.25) is 0 Å². The second-order valence-electron chi connectivity index (χ2n) is 5.32. The molecule has 1 aromatic heterocycles. The molecule has 2 rings (SSSR count). The van der Waals surface area contributed by atoms with Crippen LogP contribution in [0.15, 0.2) is 33.5 Å². The minimum Gasteiger partial charge on any atom is -0.310 e. The summed E-state index contributed by atoms with van der Waals surface area (Å²) in [7, 11) is 0. The Labute approximate surface area is 133 Å². The highest BCUT2D eigenvalue weighted by Gasteiger charge is 2.17. The van der Waals surface area contributed by atoms with Gasteiger partial charge in [0.15, 0.2) is 0 Å². The first kappa shape index (κ1) is 15.9. The fourth-order valence-corrected chi connectivity index (χ4v) is 2.99. The Bertz CT molecular complexity index is 696. The van der Waals surface area contributed by atoms with E-state index in [2.05, 4.69) is 50.3 Å². The highest BCUT2D eigenvalue weighted by Crippen LogP contribution is 2.21. The molecule has 2 N–H and O–H groups in total. The number of hydrogen-bond acceptors (Lipinski definition) is 3. The van der Waals surface area contributed by atoms with E-state index in [0.29, 0.717) is 11.4 Å². The van der Waals surface area contributed by atoms with Gasteiger partial charge < -0.3 is 10.3 Å². The van der Waals surface area contributed by atoms with Crippen molar-refractivity contribution in [3.05, 3.63) is 61.7 Å². The van der Waals surface area contributed by atoms with Crippen LogP contribution in [0.4, 0.5) is 0 Å². The van der Waals surface area contributed by atoms with E-state index in [-0.39, 0.29) is 17.6 Å². The number of nitrogens with zero attached hydrogens (tertiary/aromatic N) is 1. The second kappa shape index (κ2) is 6.54. The first-order valence-corrected chi connectivity index (χ1v) is 7.76. The smallest absolute Gasteiger partial charge is 0.255 e. The van der Waals surface area contributed by atoms with Gasteiger partial charge in [0.2, 0.25) is 0 Å². The molecule has 2 atom stereocenters. The number of hydrogen-bond donors (Lipinski definition) is 2. The first-order valence-electron chi connectivity index (χ1n) is 6.97. The van der Waals surface area contributed by atoms with E-state index in [0.717, 1.165) is 10.2 Å². The third-order valence-electron chi connectivity index (χ3n) is 3.55. The fourth-order valence-electron chi connectivity index (χ4n) is 2.58. The minimum atomic E-state index is -0.0733. The molecule has 0 radical (unpaired) electrons. The summed E-state index contributed by atoms with van der Waals surface area (Å²) in [6, 6.07) is 8.22. The van der Waals surface area contributed by atoms with Gasteiger partial charge in [-0.3, -0.25) is 4.79 Å². The summed E-state index contributed by atoms with van der Waals surface area (Å²) in [5.41, 5.74) is 2.58. The quantitative estimate of drug-likeness (QED) is 0.887. The third-order valence-corrected chi connectivity index (χ3v) is 4.04. The molecule has 21 heavy (non-hydrogen) atoms. The van der Waals surface area contributed by atoms with E-state index < -0.39 is 0 Å². The lowest BCUT2D eigenvalue weighted by atomic mass is 10.0. The monoisotopic (exact) mass is 349 g/mol. The number of aromatic nitrogens is 2. The molecule has 0 aliphatic rings. The van der Waals surface area contributed by atoms with Crippen molar-refractivity contribution < 1.29 is 0 Å². The van der Waals surface area contributed by atoms with Crippen LogP contribution in [-0.2, 0) is 0 Å². The van der Waals surface area contributed by atoms with Gasteiger partial charge in [-0.05, 0) is 45.4 Å². The van der Waals surface area contributed by atoms with Crippen LogP contribution in [0.3, 0.4) is 0 Å². The van der Waals surface area contributed by atoms with Crippen LogP contribution < -0.4 is 10.9 Å².